The topological polar surface area (TPSA) is 19.4 Å². The lowest BCUT2D eigenvalue weighted by Crippen LogP contribution is -2.46. The van der Waals surface area contributed by atoms with Crippen molar-refractivity contribution in [3.05, 3.63) is 48.7 Å². The Bertz CT molecular complexity index is 579. The van der Waals surface area contributed by atoms with Gasteiger partial charge in [-0.25, -0.2) is 0 Å². The summed E-state index contributed by atoms with van der Waals surface area (Å²) < 4.78 is 0. The molecule has 0 amide bonds. The molecule has 1 aromatic heterocycles. The van der Waals surface area contributed by atoms with Crippen molar-refractivity contribution in [2.45, 2.75) is 12.5 Å². The van der Waals surface area contributed by atoms with Crippen molar-refractivity contribution in [2.75, 3.05) is 31.1 Å². The molecule has 2 fully saturated rings. The van der Waals surface area contributed by atoms with E-state index < -0.39 is 0 Å². The first kappa shape index (κ1) is 11.9. The maximum atomic E-state index is 4.65. The maximum absolute atomic E-state index is 4.65. The van der Waals surface area contributed by atoms with Crippen LogP contribution in [0.5, 0.6) is 0 Å². The average Bonchev–Trinajstić information content (AvgIpc) is 2.90. The highest BCUT2D eigenvalue weighted by Crippen LogP contribution is 2.27. The van der Waals surface area contributed by atoms with E-state index in [1.54, 1.807) is 0 Å². The second-order valence-electron chi connectivity index (χ2n) is 5.70. The number of benzene rings is 1. The summed E-state index contributed by atoms with van der Waals surface area (Å²) >= 11 is 0. The monoisotopic (exact) mass is 265 g/mol. The van der Waals surface area contributed by atoms with E-state index in [1.165, 1.54) is 37.3 Å². The Hall–Kier alpha value is -1.87. The van der Waals surface area contributed by atoms with Crippen LogP contribution in [0.25, 0.3) is 11.3 Å². The van der Waals surface area contributed by atoms with Crippen LogP contribution in [0.1, 0.15) is 6.42 Å². The molecule has 0 N–H and O–H groups in total. The van der Waals surface area contributed by atoms with Gasteiger partial charge < -0.3 is 4.90 Å². The third-order valence-corrected chi connectivity index (χ3v) is 4.49. The summed E-state index contributed by atoms with van der Waals surface area (Å²) in [5.41, 5.74) is 3.51. The lowest BCUT2D eigenvalue weighted by molar-refractivity contribution is 0.310. The van der Waals surface area contributed by atoms with Crippen LogP contribution in [-0.4, -0.2) is 42.1 Å². The number of piperazine rings is 1. The molecule has 0 aliphatic carbocycles. The highest BCUT2D eigenvalue weighted by Gasteiger charge is 2.32. The lowest BCUT2D eigenvalue weighted by Gasteiger charge is -2.36. The molecule has 0 saturated carbocycles. The molecular weight excluding hydrogens is 246 g/mol. The zero-order valence-electron chi connectivity index (χ0n) is 11.6. The fourth-order valence-electron chi connectivity index (χ4n) is 3.38. The van der Waals surface area contributed by atoms with Gasteiger partial charge in [-0.2, -0.15) is 0 Å². The normalized spacial score (nSPS) is 24.9. The zero-order valence-corrected chi connectivity index (χ0v) is 11.6. The van der Waals surface area contributed by atoms with Crippen LogP contribution in [0.3, 0.4) is 0 Å². The quantitative estimate of drug-likeness (QED) is 0.832. The first-order valence-corrected chi connectivity index (χ1v) is 7.41. The molecule has 3 heteroatoms. The number of rotatable bonds is 2. The number of nitrogens with zero attached hydrogens (tertiary/aromatic N) is 3. The van der Waals surface area contributed by atoms with Crippen molar-refractivity contribution < 1.29 is 0 Å². The molecule has 2 aliphatic rings. The van der Waals surface area contributed by atoms with Crippen molar-refractivity contribution in [2.24, 2.45) is 0 Å². The summed E-state index contributed by atoms with van der Waals surface area (Å²) in [6.45, 7) is 4.81. The number of pyridine rings is 1. The van der Waals surface area contributed by atoms with Crippen molar-refractivity contribution in [1.82, 2.24) is 9.88 Å². The molecule has 0 spiro atoms. The first-order valence-electron chi connectivity index (χ1n) is 7.41. The molecule has 2 bridgehead atoms. The Morgan fingerprint density at radius 1 is 0.950 bits per heavy atom. The average molecular weight is 265 g/mol. The van der Waals surface area contributed by atoms with Gasteiger partial charge in [0.25, 0.3) is 0 Å². The van der Waals surface area contributed by atoms with Gasteiger partial charge in [-0.1, -0.05) is 30.3 Å². The van der Waals surface area contributed by atoms with Crippen molar-refractivity contribution >= 4 is 5.69 Å². The molecule has 2 atom stereocenters. The van der Waals surface area contributed by atoms with E-state index in [-0.39, 0.29) is 0 Å². The van der Waals surface area contributed by atoms with E-state index in [0.29, 0.717) is 6.04 Å². The summed E-state index contributed by atoms with van der Waals surface area (Å²) in [5.74, 6) is 0. The zero-order chi connectivity index (χ0) is 13.4. The minimum atomic E-state index is 0.688. The summed E-state index contributed by atoms with van der Waals surface area (Å²) in [4.78, 5) is 9.75. The van der Waals surface area contributed by atoms with Crippen LogP contribution in [0, 0.1) is 0 Å². The molecule has 0 radical (unpaired) electrons. The SMILES string of the molecule is c1ccc(-c2ccc(N3CCN4CCC3C4)cn2)cc1. The van der Waals surface area contributed by atoms with Crippen molar-refractivity contribution in [3.63, 3.8) is 0 Å². The van der Waals surface area contributed by atoms with E-state index in [9.17, 15) is 0 Å². The van der Waals surface area contributed by atoms with Crippen LogP contribution >= 0.6 is 0 Å². The highest BCUT2D eigenvalue weighted by molar-refractivity contribution is 5.61. The minimum absolute atomic E-state index is 0.688. The number of fused-ring (bicyclic) bond motifs is 2. The molecule has 3 heterocycles. The maximum Gasteiger partial charge on any atom is 0.0703 e. The van der Waals surface area contributed by atoms with Gasteiger partial charge in [0.05, 0.1) is 17.6 Å². The van der Waals surface area contributed by atoms with E-state index in [4.69, 9.17) is 0 Å². The molecule has 2 saturated heterocycles. The minimum Gasteiger partial charge on any atom is -0.365 e. The van der Waals surface area contributed by atoms with Gasteiger partial charge in [-0.15, -0.1) is 0 Å². The molecule has 2 aliphatic heterocycles. The standard InChI is InChI=1S/C17H19N3/c1-2-4-14(5-3-1)17-7-6-15(12-18-17)20-11-10-19-9-8-16(20)13-19/h1-7,12,16H,8-11,13H2. The van der Waals surface area contributed by atoms with Crippen molar-refractivity contribution in [1.29, 1.82) is 0 Å². The second kappa shape index (κ2) is 4.91. The Morgan fingerprint density at radius 3 is 2.65 bits per heavy atom. The Kier molecular flexibility index (Phi) is 2.92. The summed E-state index contributed by atoms with van der Waals surface area (Å²) in [6.07, 6.45) is 3.33. The number of anilines is 1. The molecule has 2 unspecified atom stereocenters. The first-order chi connectivity index (χ1) is 9.90. The third kappa shape index (κ3) is 2.08. The fourth-order valence-corrected chi connectivity index (χ4v) is 3.38. The molecular formula is C17H19N3. The Morgan fingerprint density at radius 2 is 1.85 bits per heavy atom. The fraction of sp³-hybridized carbons (Fsp3) is 0.353. The smallest absolute Gasteiger partial charge is 0.0703 e. The summed E-state index contributed by atoms with van der Waals surface area (Å²) in [6, 6.07) is 15.4. The van der Waals surface area contributed by atoms with Crippen LogP contribution in [0.4, 0.5) is 5.69 Å². The number of hydrogen-bond acceptors (Lipinski definition) is 3. The lowest BCUT2D eigenvalue weighted by atomic mass is 10.1. The van der Waals surface area contributed by atoms with Crippen molar-refractivity contribution in [3.8, 4) is 11.3 Å². The van der Waals surface area contributed by atoms with E-state index in [1.807, 2.05) is 12.3 Å². The Labute approximate surface area is 119 Å². The van der Waals surface area contributed by atoms with Gasteiger partial charge in [-0.05, 0) is 18.6 Å². The largest absolute Gasteiger partial charge is 0.365 e. The van der Waals surface area contributed by atoms with Gasteiger partial charge in [0.2, 0.25) is 0 Å². The second-order valence-corrected chi connectivity index (χ2v) is 5.70. The summed E-state index contributed by atoms with van der Waals surface area (Å²) in [7, 11) is 0. The van der Waals surface area contributed by atoms with Gasteiger partial charge in [0.1, 0.15) is 0 Å². The van der Waals surface area contributed by atoms with Crippen LogP contribution < -0.4 is 4.90 Å². The van der Waals surface area contributed by atoms with Crippen LogP contribution in [0.2, 0.25) is 0 Å². The number of aromatic nitrogens is 1. The highest BCUT2D eigenvalue weighted by atomic mass is 15.3. The van der Waals surface area contributed by atoms with E-state index >= 15 is 0 Å². The molecule has 4 rings (SSSR count). The van der Waals surface area contributed by atoms with Gasteiger partial charge >= 0.3 is 0 Å². The Balaban J connectivity index is 1.58. The van der Waals surface area contributed by atoms with E-state index in [0.717, 1.165) is 12.2 Å². The molecule has 20 heavy (non-hydrogen) atoms. The molecule has 102 valence electrons. The van der Waals surface area contributed by atoms with E-state index in [2.05, 4.69) is 51.2 Å². The summed E-state index contributed by atoms with van der Waals surface area (Å²) in [5, 5.41) is 0. The number of hydrogen-bond donors (Lipinski definition) is 0. The predicted molar refractivity (Wildman–Crippen MR) is 81.9 cm³/mol. The van der Waals surface area contributed by atoms with Gasteiger partial charge in [-0.3, -0.25) is 9.88 Å². The third-order valence-electron chi connectivity index (χ3n) is 4.49. The molecule has 3 nitrogen and oxygen atoms in total. The van der Waals surface area contributed by atoms with Gasteiger partial charge in [0, 0.05) is 37.8 Å². The van der Waals surface area contributed by atoms with Crippen LogP contribution in [-0.2, 0) is 0 Å². The molecule has 1 aromatic carbocycles. The van der Waals surface area contributed by atoms with Gasteiger partial charge in [0.15, 0.2) is 0 Å². The van der Waals surface area contributed by atoms with Crippen LogP contribution in [0.15, 0.2) is 48.7 Å². The predicted octanol–water partition coefficient (Wildman–Crippen LogP) is 2.64. The molecule has 2 aromatic rings.